The third-order valence-electron chi connectivity index (χ3n) is 5.59. The highest BCUT2D eigenvalue weighted by Gasteiger charge is 2.39. The molecular formula is C20H22N2O4S. The fourth-order valence-electron chi connectivity index (χ4n) is 4.13. The molecule has 1 aliphatic carbocycles. The number of benzene rings is 2. The smallest absolute Gasteiger partial charge is 0.265 e. The Bertz CT molecular complexity index is 1050. The second-order valence-electron chi connectivity index (χ2n) is 7.41. The van der Waals surface area contributed by atoms with Crippen LogP contribution in [-0.4, -0.2) is 38.6 Å². The molecule has 0 aromatic heterocycles. The van der Waals surface area contributed by atoms with E-state index in [0.717, 1.165) is 36.4 Å². The number of amides is 2. The number of hydrogen-bond donors (Lipinski definition) is 0. The van der Waals surface area contributed by atoms with Gasteiger partial charge in [0.15, 0.2) is 0 Å². The Labute approximate surface area is 158 Å². The van der Waals surface area contributed by atoms with Gasteiger partial charge in [-0.15, -0.1) is 0 Å². The zero-order chi connectivity index (χ0) is 19.3. The molecule has 0 bridgehead atoms. The SMILES string of the molecule is CN(C)S(=O)(=O)c1ccc2c3c(cccc13)C(=O)N2C(=O)C1CCCCC1. The number of carbonyl (C=O) groups is 2. The molecule has 142 valence electrons. The van der Waals surface area contributed by atoms with Crippen molar-refractivity contribution in [1.82, 2.24) is 4.31 Å². The molecule has 0 radical (unpaired) electrons. The van der Waals surface area contributed by atoms with Gasteiger partial charge >= 0.3 is 0 Å². The first-order valence-electron chi connectivity index (χ1n) is 9.20. The number of nitrogens with zero attached hydrogens (tertiary/aromatic N) is 2. The van der Waals surface area contributed by atoms with E-state index in [9.17, 15) is 18.0 Å². The molecule has 27 heavy (non-hydrogen) atoms. The summed E-state index contributed by atoms with van der Waals surface area (Å²) >= 11 is 0. The van der Waals surface area contributed by atoms with E-state index in [1.165, 1.54) is 25.1 Å². The minimum Gasteiger partial charge on any atom is -0.274 e. The molecule has 0 saturated heterocycles. The van der Waals surface area contributed by atoms with Crippen LogP contribution >= 0.6 is 0 Å². The van der Waals surface area contributed by atoms with E-state index < -0.39 is 10.0 Å². The van der Waals surface area contributed by atoms with Crippen LogP contribution in [-0.2, 0) is 14.8 Å². The first-order valence-corrected chi connectivity index (χ1v) is 10.6. The molecule has 1 saturated carbocycles. The lowest BCUT2D eigenvalue weighted by Crippen LogP contribution is -2.39. The average Bonchev–Trinajstić information content (AvgIpc) is 2.95. The quantitative estimate of drug-likeness (QED) is 0.760. The van der Waals surface area contributed by atoms with Crippen molar-refractivity contribution in [2.75, 3.05) is 19.0 Å². The summed E-state index contributed by atoms with van der Waals surface area (Å²) in [4.78, 5) is 27.5. The van der Waals surface area contributed by atoms with Gasteiger partial charge in [0.1, 0.15) is 0 Å². The largest absolute Gasteiger partial charge is 0.274 e. The van der Waals surface area contributed by atoms with E-state index in [2.05, 4.69) is 0 Å². The van der Waals surface area contributed by atoms with Crippen molar-refractivity contribution in [3.05, 3.63) is 35.9 Å². The number of hydrogen-bond acceptors (Lipinski definition) is 4. The lowest BCUT2D eigenvalue weighted by atomic mass is 9.88. The van der Waals surface area contributed by atoms with Crippen molar-refractivity contribution < 1.29 is 18.0 Å². The van der Waals surface area contributed by atoms with Gasteiger partial charge in [0.25, 0.3) is 5.91 Å². The summed E-state index contributed by atoms with van der Waals surface area (Å²) in [6.07, 6.45) is 4.73. The molecule has 0 spiro atoms. The van der Waals surface area contributed by atoms with Crippen molar-refractivity contribution >= 4 is 38.3 Å². The first-order chi connectivity index (χ1) is 12.8. The second kappa shape index (κ2) is 6.42. The number of rotatable bonds is 3. The van der Waals surface area contributed by atoms with Crippen LogP contribution in [0.2, 0.25) is 0 Å². The first kappa shape index (κ1) is 18.1. The maximum atomic E-state index is 13.1. The van der Waals surface area contributed by atoms with Gasteiger partial charge in [-0.1, -0.05) is 31.4 Å². The van der Waals surface area contributed by atoms with Crippen molar-refractivity contribution in [3.8, 4) is 0 Å². The van der Waals surface area contributed by atoms with Gasteiger partial charge in [-0.3, -0.25) is 9.59 Å². The van der Waals surface area contributed by atoms with Crippen molar-refractivity contribution in [3.63, 3.8) is 0 Å². The zero-order valence-electron chi connectivity index (χ0n) is 15.4. The van der Waals surface area contributed by atoms with Crippen LogP contribution in [0.3, 0.4) is 0 Å². The van der Waals surface area contributed by atoms with E-state index in [0.29, 0.717) is 22.0 Å². The lowest BCUT2D eigenvalue weighted by molar-refractivity contribution is -0.122. The topological polar surface area (TPSA) is 74.8 Å². The van der Waals surface area contributed by atoms with Gasteiger partial charge in [0, 0.05) is 30.8 Å². The molecule has 2 aliphatic rings. The van der Waals surface area contributed by atoms with Crippen LogP contribution < -0.4 is 4.90 Å². The summed E-state index contributed by atoms with van der Waals surface area (Å²) < 4.78 is 26.5. The summed E-state index contributed by atoms with van der Waals surface area (Å²) in [5.74, 6) is -0.664. The number of anilines is 1. The minimum absolute atomic E-state index is 0.141. The zero-order valence-corrected chi connectivity index (χ0v) is 16.3. The van der Waals surface area contributed by atoms with E-state index in [4.69, 9.17) is 0 Å². The predicted molar refractivity (Wildman–Crippen MR) is 103 cm³/mol. The molecule has 0 atom stereocenters. The van der Waals surface area contributed by atoms with Gasteiger partial charge in [0.2, 0.25) is 15.9 Å². The fourth-order valence-corrected chi connectivity index (χ4v) is 5.21. The van der Waals surface area contributed by atoms with E-state index in [1.54, 1.807) is 24.3 Å². The van der Waals surface area contributed by atoms with Crippen LogP contribution in [0.5, 0.6) is 0 Å². The van der Waals surface area contributed by atoms with E-state index >= 15 is 0 Å². The molecular weight excluding hydrogens is 364 g/mol. The van der Waals surface area contributed by atoms with Gasteiger partial charge in [0.05, 0.1) is 16.1 Å². The molecule has 6 nitrogen and oxygen atoms in total. The highest BCUT2D eigenvalue weighted by Crippen LogP contribution is 2.42. The fraction of sp³-hybridized carbons (Fsp3) is 0.400. The lowest BCUT2D eigenvalue weighted by Gasteiger charge is -2.25. The molecule has 4 rings (SSSR count). The molecule has 0 N–H and O–H groups in total. The number of sulfonamides is 1. The van der Waals surface area contributed by atoms with Gasteiger partial charge < -0.3 is 0 Å². The summed E-state index contributed by atoms with van der Waals surface area (Å²) in [6.45, 7) is 0. The number of imide groups is 1. The van der Waals surface area contributed by atoms with Crippen LogP contribution in [0.1, 0.15) is 42.5 Å². The maximum Gasteiger partial charge on any atom is 0.265 e. The Morgan fingerprint density at radius 1 is 1.07 bits per heavy atom. The van der Waals surface area contributed by atoms with Crippen LogP contribution in [0.15, 0.2) is 35.2 Å². The molecule has 0 unspecified atom stereocenters. The second-order valence-corrected chi connectivity index (χ2v) is 9.53. The third-order valence-corrected chi connectivity index (χ3v) is 7.46. The Balaban J connectivity index is 1.88. The molecule has 2 aromatic carbocycles. The van der Waals surface area contributed by atoms with E-state index in [-0.39, 0.29) is 22.6 Å². The Kier molecular flexibility index (Phi) is 4.31. The highest BCUT2D eigenvalue weighted by atomic mass is 32.2. The van der Waals surface area contributed by atoms with Crippen LogP contribution in [0, 0.1) is 5.92 Å². The Hall–Kier alpha value is -2.25. The highest BCUT2D eigenvalue weighted by molar-refractivity contribution is 7.89. The summed E-state index contributed by atoms with van der Waals surface area (Å²) in [5, 5.41) is 1.03. The third kappa shape index (κ3) is 2.68. The van der Waals surface area contributed by atoms with Crippen molar-refractivity contribution in [2.24, 2.45) is 5.92 Å². The van der Waals surface area contributed by atoms with Crippen LogP contribution in [0.4, 0.5) is 5.69 Å². The molecule has 2 amide bonds. The Morgan fingerprint density at radius 2 is 1.78 bits per heavy atom. The Morgan fingerprint density at radius 3 is 2.44 bits per heavy atom. The average molecular weight is 386 g/mol. The number of carbonyl (C=O) groups excluding carboxylic acids is 2. The molecule has 1 aliphatic heterocycles. The van der Waals surface area contributed by atoms with Gasteiger partial charge in [-0.2, -0.15) is 0 Å². The minimum atomic E-state index is -3.67. The van der Waals surface area contributed by atoms with Crippen molar-refractivity contribution in [2.45, 2.75) is 37.0 Å². The van der Waals surface area contributed by atoms with Crippen LogP contribution in [0.25, 0.3) is 10.8 Å². The normalized spacial score (nSPS) is 17.9. The molecule has 1 heterocycles. The summed E-state index contributed by atoms with van der Waals surface area (Å²) in [5.41, 5.74) is 0.890. The van der Waals surface area contributed by atoms with Gasteiger partial charge in [-0.05, 0) is 31.0 Å². The molecule has 2 aromatic rings. The standard InChI is InChI=1S/C20H22N2O4S/c1-21(2)27(25,26)17-12-11-16-18-14(17)9-6-10-15(18)20(24)22(16)19(23)13-7-4-3-5-8-13/h6,9-13H,3-5,7-8H2,1-2H3. The molecule has 7 heteroatoms. The monoisotopic (exact) mass is 386 g/mol. The summed E-state index contributed by atoms with van der Waals surface area (Å²) in [7, 11) is -0.717. The van der Waals surface area contributed by atoms with Crippen molar-refractivity contribution in [1.29, 1.82) is 0 Å². The predicted octanol–water partition coefficient (Wildman–Crippen LogP) is 3.16. The molecule has 1 fully saturated rings. The maximum absolute atomic E-state index is 13.1. The van der Waals surface area contributed by atoms with E-state index in [1.807, 2.05) is 0 Å². The summed E-state index contributed by atoms with van der Waals surface area (Å²) in [6, 6.07) is 8.11. The van der Waals surface area contributed by atoms with Gasteiger partial charge in [-0.25, -0.2) is 17.6 Å².